The highest BCUT2D eigenvalue weighted by atomic mass is 16.3. The van der Waals surface area contributed by atoms with Crippen LogP contribution in [-0.4, -0.2) is 11.0 Å². The normalized spacial score (nSPS) is 9.85. The van der Waals surface area contributed by atoms with E-state index in [0.29, 0.717) is 18.5 Å². The molecule has 1 rings (SSSR count). The zero-order valence-electron chi connectivity index (χ0n) is 7.16. The average Bonchev–Trinajstić information content (AvgIpc) is 2.07. The molecule has 1 aromatic rings. The highest BCUT2D eigenvalue weighted by molar-refractivity contribution is 5.74. The van der Waals surface area contributed by atoms with Gasteiger partial charge in [0.15, 0.2) is 0 Å². The van der Waals surface area contributed by atoms with Crippen molar-refractivity contribution in [3.63, 3.8) is 0 Å². The van der Waals surface area contributed by atoms with Gasteiger partial charge in [0.05, 0.1) is 5.69 Å². The number of anilines is 1. The van der Waals surface area contributed by atoms with Crippen LogP contribution in [-0.2, 0) is 11.2 Å². The number of rotatable bonds is 3. The molecule has 0 spiro atoms. The molecule has 4 heteroatoms. The van der Waals surface area contributed by atoms with Gasteiger partial charge in [0.2, 0.25) is 5.91 Å². The Kier molecular flexibility index (Phi) is 2.74. The molecule has 0 aliphatic carbocycles. The van der Waals surface area contributed by atoms with Crippen LogP contribution in [0.15, 0.2) is 18.2 Å². The minimum absolute atomic E-state index is 0.0582. The number of phenolic OH excluding ortho intramolecular Hbond substituents is 1. The van der Waals surface area contributed by atoms with Gasteiger partial charge in [-0.05, 0) is 24.1 Å². The third-order valence-electron chi connectivity index (χ3n) is 1.75. The third kappa shape index (κ3) is 2.66. The lowest BCUT2D eigenvalue weighted by atomic mass is 10.1. The Hall–Kier alpha value is -1.71. The van der Waals surface area contributed by atoms with Gasteiger partial charge in [0.1, 0.15) is 5.75 Å². The van der Waals surface area contributed by atoms with Crippen molar-refractivity contribution in [2.75, 3.05) is 5.73 Å². The molecule has 0 bridgehead atoms. The van der Waals surface area contributed by atoms with E-state index >= 15 is 0 Å². The van der Waals surface area contributed by atoms with Crippen molar-refractivity contribution in [1.82, 2.24) is 0 Å². The largest absolute Gasteiger partial charge is 0.506 e. The molecule has 0 aliphatic heterocycles. The molecule has 0 atom stereocenters. The second-order valence-corrected chi connectivity index (χ2v) is 2.86. The van der Waals surface area contributed by atoms with Gasteiger partial charge in [-0.3, -0.25) is 4.79 Å². The highest BCUT2D eigenvalue weighted by Gasteiger charge is 2.00. The number of hydrogen-bond acceptors (Lipinski definition) is 3. The molecule has 4 nitrogen and oxygen atoms in total. The lowest BCUT2D eigenvalue weighted by Gasteiger charge is -2.02. The molecule has 0 fully saturated rings. The number of phenols is 1. The first-order valence-corrected chi connectivity index (χ1v) is 3.95. The number of carbonyl (C=O) groups is 1. The maximum atomic E-state index is 10.5. The lowest BCUT2D eigenvalue weighted by Crippen LogP contribution is -2.11. The molecule has 0 unspecified atom stereocenters. The predicted octanol–water partition coefficient (Wildman–Crippen LogP) is 0.392. The van der Waals surface area contributed by atoms with E-state index in [1.54, 1.807) is 12.1 Å². The zero-order chi connectivity index (χ0) is 9.84. The SMILES string of the molecule is NC(=O)CCc1ccc(O)c(N)c1. The number of hydrogen-bond donors (Lipinski definition) is 3. The first-order chi connectivity index (χ1) is 6.09. The van der Waals surface area contributed by atoms with Crippen molar-refractivity contribution < 1.29 is 9.90 Å². The lowest BCUT2D eigenvalue weighted by molar-refractivity contribution is -0.117. The van der Waals surface area contributed by atoms with Crippen LogP contribution in [0.5, 0.6) is 5.75 Å². The minimum atomic E-state index is -0.341. The summed E-state index contributed by atoms with van der Waals surface area (Å²) in [5.74, 6) is -0.283. The van der Waals surface area contributed by atoms with Crippen molar-refractivity contribution in [2.45, 2.75) is 12.8 Å². The number of carbonyl (C=O) groups excluding carboxylic acids is 1. The van der Waals surface area contributed by atoms with Crippen molar-refractivity contribution in [3.05, 3.63) is 23.8 Å². The van der Waals surface area contributed by atoms with E-state index in [1.165, 1.54) is 6.07 Å². The average molecular weight is 180 g/mol. The van der Waals surface area contributed by atoms with Crippen LogP contribution in [0.1, 0.15) is 12.0 Å². The van der Waals surface area contributed by atoms with Crippen LogP contribution in [0, 0.1) is 0 Å². The summed E-state index contributed by atoms with van der Waals surface area (Å²) in [7, 11) is 0. The first kappa shape index (κ1) is 9.38. The summed E-state index contributed by atoms with van der Waals surface area (Å²) < 4.78 is 0. The van der Waals surface area contributed by atoms with Crippen LogP contribution in [0.3, 0.4) is 0 Å². The van der Waals surface area contributed by atoms with Gasteiger partial charge in [0.25, 0.3) is 0 Å². The van der Waals surface area contributed by atoms with Crippen molar-refractivity contribution >= 4 is 11.6 Å². The number of nitrogen functional groups attached to an aromatic ring is 1. The third-order valence-corrected chi connectivity index (χ3v) is 1.75. The van der Waals surface area contributed by atoms with E-state index in [1.807, 2.05) is 0 Å². The van der Waals surface area contributed by atoms with Gasteiger partial charge < -0.3 is 16.6 Å². The monoisotopic (exact) mass is 180 g/mol. The Bertz CT molecular complexity index is 323. The molecule has 1 amide bonds. The second-order valence-electron chi connectivity index (χ2n) is 2.86. The Labute approximate surface area is 76.2 Å². The summed E-state index contributed by atoms with van der Waals surface area (Å²) in [5.41, 5.74) is 11.7. The molecule has 0 saturated carbocycles. The van der Waals surface area contributed by atoms with Gasteiger partial charge in [-0.2, -0.15) is 0 Å². The quantitative estimate of drug-likeness (QED) is 0.464. The highest BCUT2D eigenvalue weighted by Crippen LogP contribution is 2.20. The molecule has 0 aromatic heterocycles. The summed E-state index contributed by atoms with van der Waals surface area (Å²) in [6.45, 7) is 0. The van der Waals surface area contributed by atoms with Crippen LogP contribution >= 0.6 is 0 Å². The Morgan fingerprint density at radius 3 is 2.69 bits per heavy atom. The summed E-state index contributed by atoms with van der Waals surface area (Å²) in [6, 6.07) is 4.86. The molecular weight excluding hydrogens is 168 g/mol. The number of primary amides is 1. The maximum Gasteiger partial charge on any atom is 0.217 e. The standard InChI is InChI=1S/C9H12N2O2/c10-7-5-6(1-3-8(7)12)2-4-9(11)13/h1,3,5,12H,2,4,10H2,(H2,11,13). The fraction of sp³-hybridized carbons (Fsp3) is 0.222. The minimum Gasteiger partial charge on any atom is -0.506 e. The first-order valence-electron chi connectivity index (χ1n) is 3.95. The Balaban J connectivity index is 2.68. The van der Waals surface area contributed by atoms with E-state index in [9.17, 15) is 4.79 Å². The fourth-order valence-electron chi connectivity index (χ4n) is 1.03. The molecule has 0 radical (unpaired) electrons. The van der Waals surface area contributed by atoms with Crippen LogP contribution < -0.4 is 11.5 Å². The zero-order valence-corrected chi connectivity index (χ0v) is 7.16. The fourth-order valence-corrected chi connectivity index (χ4v) is 1.03. The van der Waals surface area contributed by atoms with Gasteiger partial charge in [0, 0.05) is 6.42 Å². The molecule has 0 aliphatic rings. The van der Waals surface area contributed by atoms with Gasteiger partial charge in [-0.1, -0.05) is 6.07 Å². The predicted molar refractivity (Wildman–Crippen MR) is 50.0 cm³/mol. The van der Waals surface area contributed by atoms with Gasteiger partial charge in [-0.15, -0.1) is 0 Å². The summed E-state index contributed by atoms with van der Waals surface area (Å²) in [4.78, 5) is 10.5. The molecule has 5 N–H and O–H groups in total. The van der Waals surface area contributed by atoms with E-state index < -0.39 is 0 Å². The van der Waals surface area contributed by atoms with Crippen LogP contribution in [0.2, 0.25) is 0 Å². The number of amides is 1. The summed E-state index contributed by atoms with van der Waals surface area (Å²) >= 11 is 0. The Morgan fingerprint density at radius 2 is 2.15 bits per heavy atom. The molecule has 0 heterocycles. The Morgan fingerprint density at radius 1 is 1.46 bits per heavy atom. The van der Waals surface area contributed by atoms with Gasteiger partial charge in [-0.25, -0.2) is 0 Å². The van der Waals surface area contributed by atoms with Crippen molar-refractivity contribution in [1.29, 1.82) is 0 Å². The van der Waals surface area contributed by atoms with Crippen molar-refractivity contribution in [2.24, 2.45) is 5.73 Å². The van der Waals surface area contributed by atoms with E-state index in [0.717, 1.165) is 5.56 Å². The topological polar surface area (TPSA) is 89.3 Å². The summed E-state index contributed by atoms with van der Waals surface area (Å²) in [6.07, 6.45) is 0.851. The van der Waals surface area contributed by atoms with Gasteiger partial charge >= 0.3 is 0 Å². The second kappa shape index (κ2) is 3.80. The number of aryl methyl sites for hydroxylation is 1. The smallest absolute Gasteiger partial charge is 0.217 e. The van der Waals surface area contributed by atoms with E-state index in [-0.39, 0.29) is 11.7 Å². The molecule has 70 valence electrons. The van der Waals surface area contributed by atoms with Crippen LogP contribution in [0.4, 0.5) is 5.69 Å². The number of benzene rings is 1. The van der Waals surface area contributed by atoms with Crippen molar-refractivity contribution in [3.8, 4) is 5.75 Å². The molecule has 1 aromatic carbocycles. The van der Waals surface area contributed by atoms with E-state index in [2.05, 4.69) is 0 Å². The summed E-state index contributed by atoms with van der Waals surface area (Å²) in [5, 5.41) is 9.10. The number of nitrogens with two attached hydrogens (primary N) is 2. The van der Waals surface area contributed by atoms with E-state index in [4.69, 9.17) is 16.6 Å². The maximum absolute atomic E-state index is 10.5. The number of aromatic hydroxyl groups is 1. The molecule has 0 saturated heterocycles. The molecular formula is C9H12N2O2. The molecule has 13 heavy (non-hydrogen) atoms. The van der Waals surface area contributed by atoms with Crippen LogP contribution in [0.25, 0.3) is 0 Å².